The number of anilines is 3. The van der Waals surface area contributed by atoms with Gasteiger partial charge in [0.25, 0.3) is 0 Å². The van der Waals surface area contributed by atoms with Crippen LogP contribution in [0.5, 0.6) is 5.75 Å². The van der Waals surface area contributed by atoms with Crippen LogP contribution in [0.3, 0.4) is 0 Å². The number of nitrogens with one attached hydrogen (secondary N) is 1. The molecular formula is C23H30N4O3. The summed E-state index contributed by atoms with van der Waals surface area (Å²) in [4.78, 5) is 19.4. The number of rotatable bonds is 5. The highest BCUT2D eigenvalue weighted by Crippen LogP contribution is 2.27. The summed E-state index contributed by atoms with van der Waals surface area (Å²) in [6.07, 6.45) is 0. The molecule has 2 aliphatic heterocycles. The lowest BCUT2D eigenvalue weighted by molar-refractivity contribution is -0.120. The second-order valence-corrected chi connectivity index (χ2v) is 7.82. The van der Waals surface area contributed by atoms with Crippen molar-refractivity contribution in [1.29, 1.82) is 0 Å². The van der Waals surface area contributed by atoms with E-state index in [2.05, 4.69) is 32.1 Å². The predicted octanol–water partition coefficient (Wildman–Crippen LogP) is 2.38. The van der Waals surface area contributed by atoms with Gasteiger partial charge >= 0.3 is 0 Å². The molecule has 30 heavy (non-hydrogen) atoms. The minimum atomic E-state index is -0.213. The molecule has 160 valence electrons. The van der Waals surface area contributed by atoms with Gasteiger partial charge < -0.3 is 25.0 Å². The summed E-state index contributed by atoms with van der Waals surface area (Å²) in [6, 6.07) is 15.2. The quantitative estimate of drug-likeness (QED) is 0.789. The van der Waals surface area contributed by atoms with Gasteiger partial charge in [-0.15, -0.1) is 0 Å². The fraction of sp³-hybridized carbons (Fsp3) is 0.435. The van der Waals surface area contributed by atoms with Gasteiger partial charge in [0.2, 0.25) is 5.91 Å². The average Bonchev–Trinajstić information content (AvgIpc) is 2.80. The number of phenols is 1. The minimum absolute atomic E-state index is 0.00475. The Morgan fingerprint density at radius 1 is 0.933 bits per heavy atom. The molecule has 0 saturated carbocycles. The SMILES string of the molecule is C[C@H](C(=O)Nc1ccc(N2CCOCC2)cc1)N1CCN(c2ccccc2O)CC1. The fourth-order valence-corrected chi connectivity index (χ4v) is 4.07. The molecule has 0 radical (unpaired) electrons. The van der Waals surface area contributed by atoms with E-state index in [9.17, 15) is 9.90 Å². The Morgan fingerprint density at radius 3 is 2.27 bits per heavy atom. The molecule has 4 rings (SSSR count). The van der Waals surface area contributed by atoms with E-state index < -0.39 is 0 Å². The highest BCUT2D eigenvalue weighted by Gasteiger charge is 2.26. The van der Waals surface area contributed by atoms with Crippen molar-refractivity contribution in [3.63, 3.8) is 0 Å². The second kappa shape index (κ2) is 9.36. The average molecular weight is 411 g/mol. The molecule has 1 atom stereocenters. The monoisotopic (exact) mass is 410 g/mol. The van der Waals surface area contributed by atoms with Crippen LogP contribution in [-0.2, 0) is 9.53 Å². The molecule has 7 nitrogen and oxygen atoms in total. The number of amides is 1. The van der Waals surface area contributed by atoms with E-state index in [1.807, 2.05) is 37.3 Å². The number of hydrogen-bond donors (Lipinski definition) is 2. The third-order valence-corrected chi connectivity index (χ3v) is 5.97. The molecule has 2 aromatic carbocycles. The molecule has 2 saturated heterocycles. The van der Waals surface area contributed by atoms with Crippen molar-refractivity contribution in [3.8, 4) is 5.75 Å². The zero-order valence-electron chi connectivity index (χ0n) is 17.5. The number of nitrogens with zero attached hydrogens (tertiary/aromatic N) is 3. The van der Waals surface area contributed by atoms with Crippen LogP contribution in [0, 0.1) is 0 Å². The number of phenolic OH excluding ortho intramolecular Hbond substituents is 1. The first-order valence-electron chi connectivity index (χ1n) is 10.6. The van der Waals surface area contributed by atoms with Crippen LogP contribution < -0.4 is 15.1 Å². The third kappa shape index (κ3) is 4.68. The van der Waals surface area contributed by atoms with E-state index >= 15 is 0 Å². The van der Waals surface area contributed by atoms with Gasteiger partial charge in [-0.2, -0.15) is 0 Å². The van der Waals surface area contributed by atoms with Crippen LogP contribution >= 0.6 is 0 Å². The Hall–Kier alpha value is -2.77. The molecule has 2 aromatic rings. The Bertz CT molecular complexity index is 844. The number of carbonyl (C=O) groups is 1. The van der Waals surface area contributed by atoms with Crippen molar-refractivity contribution in [2.24, 2.45) is 0 Å². The maximum absolute atomic E-state index is 12.8. The summed E-state index contributed by atoms with van der Waals surface area (Å²) in [5.41, 5.74) is 2.83. The topological polar surface area (TPSA) is 68.3 Å². The van der Waals surface area contributed by atoms with Crippen LogP contribution in [0.25, 0.3) is 0 Å². The van der Waals surface area contributed by atoms with E-state index in [-0.39, 0.29) is 11.9 Å². The number of aromatic hydroxyl groups is 1. The van der Waals surface area contributed by atoms with Gasteiger partial charge in [-0.1, -0.05) is 12.1 Å². The smallest absolute Gasteiger partial charge is 0.241 e. The molecule has 0 aromatic heterocycles. The molecule has 0 bridgehead atoms. The van der Waals surface area contributed by atoms with E-state index in [1.54, 1.807) is 6.07 Å². The summed E-state index contributed by atoms with van der Waals surface area (Å²) in [5.74, 6) is 0.308. The zero-order valence-corrected chi connectivity index (χ0v) is 17.5. The third-order valence-electron chi connectivity index (χ3n) is 5.97. The molecule has 2 heterocycles. The molecule has 0 spiro atoms. The van der Waals surface area contributed by atoms with Crippen molar-refractivity contribution in [2.75, 3.05) is 67.6 Å². The summed E-state index contributed by atoms with van der Waals surface area (Å²) >= 11 is 0. The van der Waals surface area contributed by atoms with Crippen molar-refractivity contribution in [1.82, 2.24) is 4.90 Å². The highest BCUT2D eigenvalue weighted by molar-refractivity contribution is 5.94. The van der Waals surface area contributed by atoms with Crippen LogP contribution in [0.15, 0.2) is 48.5 Å². The first-order chi connectivity index (χ1) is 14.6. The molecule has 7 heteroatoms. The standard InChI is InChI=1S/C23H30N4O3/c1-18(25-10-12-27(13-11-25)21-4-2-3-5-22(21)28)23(29)24-19-6-8-20(9-7-19)26-14-16-30-17-15-26/h2-9,18,28H,10-17H2,1H3,(H,24,29)/t18-/m1/s1. The van der Waals surface area contributed by atoms with E-state index in [1.165, 1.54) is 0 Å². The van der Waals surface area contributed by atoms with Crippen LogP contribution in [0.1, 0.15) is 6.92 Å². The summed E-state index contributed by atoms with van der Waals surface area (Å²) in [5, 5.41) is 13.1. The lowest BCUT2D eigenvalue weighted by Crippen LogP contribution is -2.52. The number of benzene rings is 2. The van der Waals surface area contributed by atoms with Gasteiger partial charge in [-0.25, -0.2) is 0 Å². The molecule has 2 aliphatic rings. The van der Waals surface area contributed by atoms with Gasteiger partial charge in [0.15, 0.2) is 0 Å². The Labute approximate surface area is 177 Å². The van der Waals surface area contributed by atoms with Crippen LogP contribution in [0.4, 0.5) is 17.1 Å². The van der Waals surface area contributed by atoms with Gasteiger partial charge in [0.05, 0.1) is 24.9 Å². The van der Waals surface area contributed by atoms with E-state index in [4.69, 9.17) is 4.74 Å². The number of ether oxygens (including phenoxy) is 1. The molecule has 0 aliphatic carbocycles. The summed E-state index contributed by atoms with van der Waals surface area (Å²) in [7, 11) is 0. The maximum Gasteiger partial charge on any atom is 0.241 e. The predicted molar refractivity (Wildman–Crippen MR) is 119 cm³/mol. The van der Waals surface area contributed by atoms with Gasteiger partial charge in [0, 0.05) is 50.6 Å². The number of hydrogen-bond acceptors (Lipinski definition) is 6. The van der Waals surface area contributed by atoms with Crippen molar-refractivity contribution in [3.05, 3.63) is 48.5 Å². The second-order valence-electron chi connectivity index (χ2n) is 7.82. The van der Waals surface area contributed by atoms with Gasteiger partial charge in [0.1, 0.15) is 5.75 Å². The Kier molecular flexibility index (Phi) is 6.40. The minimum Gasteiger partial charge on any atom is -0.506 e. The van der Waals surface area contributed by atoms with E-state index in [0.29, 0.717) is 5.75 Å². The maximum atomic E-state index is 12.8. The number of piperazine rings is 1. The van der Waals surface area contributed by atoms with Crippen LogP contribution in [0.2, 0.25) is 0 Å². The molecule has 2 N–H and O–H groups in total. The first kappa shape index (κ1) is 20.5. The van der Waals surface area contributed by atoms with Crippen molar-refractivity contribution >= 4 is 23.0 Å². The highest BCUT2D eigenvalue weighted by atomic mass is 16.5. The van der Waals surface area contributed by atoms with E-state index in [0.717, 1.165) is 69.5 Å². The Balaban J connectivity index is 1.29. The molecule has 2 fully saturated rings. The number of carbonyl (C=O) groups excluding carboxylic acids is 1. The van der Waals surface area contributed by atoms with Gasteiger partial charge in [-0.05, 0) is 43.3 Å². The largest absolute Gasteiger partial charge is 0.506 e. The lowest BCUT2D eigenvalue weighted by Gasteiger charge is -2.38. The van der Waals surface area contributed by atoms with Crippen LogP contribution in [-0.4, -0.2) is 74.4 Å². The normalized spacial score (nSPS) is 18.8. The first-order valence-corrected chi connectivity index (χ1v) is 10.6. The summed E-state index contributed by atoms with van der Waals surface area (Å²) in [6.45, 7) is 8.38. The lowest BCUT2D eigenvalue weighted by atomic mass is 10.1. The number of morpholine rings is 1. The Morgan fingerprint density at radius 2 is 1.60 bits per heavy atom. The fourth-order valence-electron chi connectivity index (χ4n) is 4.07. The summed E-state index contributed by atoms with van der Waals surface area (Å²) < 4.78 is 5.40. The zero-order chi connectivity index (χ0) is 20.9. The van der Waals surface area contributed by atoms with Crippen molar-refractivity contribution < 1.29 is 14.6 Å². The molecule has 1 amide bonds. The van der Waals surface area contributed by atoms with Gasteiger partial charge in [-0.3, -0.25) is 9.69 Å². The van der Waals surface area contributed by atoms with Crippen molar-refractivity contribution in [2.45, 2.75) is 13.0 Å². The molecule has 0 unspecified atom stereocenters. The molecular weight excluding hydrogens is 380 g/mol. The number of para-hydroxylation sites is 2.